The smallest absolute Gasteiger partial charge is 0.259 e. The lowest BCUT2D eigenvalue weighted by molar-refractivity contribution is 0.102. The Bertz CT molecular complexity index is 1070. The molecule has 1 amide bonds. The summed E-state index contributed by atoms with van der Waals surface area (Å²) >= 11 is 1.52. The Balaban J connectivity index is 1.46. The number of nitrogens with one attached hydrogen (secondary N) is 1. The maximum atomic E-state index is 12.6. The fourth-order valence-corrected chi connectivity index (χ4v) is 3.41. The van der Waals surface area contributed by atoms with Gasteiger partial charge in [-0.05, 0) is 36.4 Å². The van der Waals surface area contributed by atoms with Crippen LogP contribution >= 0.6 is 11.3 Å². The number of rotatable bonds is 6. The van der Waals surface area contributed by atoms with Crippen LogP contribution in [0, 0.1) is 0 Å². The minimum absolute atomic E-state index is 0.214. The van der Waals surface area contributed by atoms with Gasteiger partial charge in [0, 0.05) is 17.3 Å². The second-order valence-corrected chi connectivity index (χ2v) is 6.82. The highest BCUT2D eigenvalue weighted by molar-refractivity contribution is 7.13. The first-order valence-corrected chi connectivity index (χ1v) is 9.61. The summed E-state index contributed by atoms with van der Waals surface area (Å²) in [6.07, 6.45) is 1.74. The molecule has 0 atom stereocenters. The third kappa shape index (κ3) is 4.24. The second-order valence-electron chi connectivity index (χ2n) is 5.96. The third-order valence-corrected chi connectivity index (χ3v) is 4.89. The molecule has 0 aliphatic rings. The summed E-state index contributed by atoms with van der Waals surface area (Å²) in [6, 6.07) is 22.3. The monoisotopic (exact) mass is 387 g/mol. The average molecular weight is 387 g/mol. The first-order valence-electron chi connectivity index (χ1n) is 8.73. The SMILES string of the molecule is O=C(Nc1ccccc1)c1ccccc1OCc1csc(-c2ccccn2)n1. The molecule has 0 unspecified atom stereocenters. The molecule has 0 bridgehead atoms. The van der Waals surface area contributed by atoms with Crippen LogP contribution in [0.3, 0.4) is 0 Å². The van der Waals surface area contributed by atoms with Crippen LogP contribution in [-0.2, 0) is 6.61 Å². The van der Waals surface area contributed by atoms with Gasteiger partial charge in [-0.2, -0.15) is 0 Å². The van der Waals surface area contributed by atoms with Crippen molar-refractivity contribution >= 4 is 22.9 Å². The van der Waals surface area contributed by atoms with Crippen LogP contribution in [0.25, 0.3) is 10.7 Å². The Morgan fingerprint density at radius 1 is 0.964 bits per heavy atom. The van der Waals surface area contributed by atoms with E-state index >= 15 is 0 Å². The zero-order chi connectivity index (χ0) is 19.2. The second kappa shape index (κ2) is 8.45. The number of thiazole rings is 1. The van der Waals surface area contributed by atoms with Gasteiger partial charge in [-0.25, -0.2) is 4.98 Å². The lowest BCUT2D eigenvalue weighted by atomic mass is 10.2. The maximum absolute atomic E-state index is 12.6. The molecule has 4 rings (SSSR count). The van der Waals surface area contributed by atoms with E-state index in [0.29, 0.717) is 11.3 Å². The van der Waals surface area contributed by atoms with Crippen LogP contribution in [0.4, 0.5) is 5.69 Å². The number of amides is 1. The van der Waals surface area contributed by atoms with Gasteiger partial charge in [-0.15, -0.1) is 11.3 Å². The molecular weight excluding hydrogens is 370 g/mol. The highest BCUT2D eigenvalue weighted by Crippen LogP contribution is 2.24. The molecule has 1 N–H and O–H groups in total. The van der Waals surface area contributed by atoms with Gasteiger partial charge < -0.3 is 10.1 Å². The Hall–Kier alpha value is -3.51. The molecule has 0 radical (unpaired) electrons. The number of pyridine rings is 1. The molecule has 0 aliphatic heterocycles. The Morgan fingerprint density at radius 3 is 2.57 bits per heavy atom. The molecule has 0 spiro atoms. The van der Waals surface area contributed by atoms with E-state index in [1.165, 1.54) is 11.3 Å². The topological polar surface area (TPSA) is 64.1 Å². The van der Waals surface area contributed by atoms with Gasteiger partial charge in [0.1, 0.15) is 17.4 Å². The molecule has 5 nitrogen and oxygen atoms in total. The molecule has 2 aromatic heterocycles. The Labute approximate surface area is 166 Å². The molecule has 28 heavy (non-hydrogen) atoms. The van der Waals surface area contributed by atoms with Crippen LogP contribution in [-0.4, -0.2) is 15.9 Å². The van der Waals surface area contributed by atoms with Gasteiger partial charge in [0.05, 0.1) is 17.0 Å². The number of hydrogen-bond donors (Lipinski definition) is 1. The van der Waals surface area contributed by atoms with Gasteiger partial charge in [0.15, 0.2) is 0 Å². The predicted octanol–water partition coefficient (Wildman–Crippen LogP) is 5.04. The van der Waals surface area contributed by atoms with E-state index in [1.807, 2.05) is 66.0 Å². The first kappa shape index (κ1) is 17.9. The summed E-state index contributed by atoms with van der Waals surface area (Å²) in [7, 11) is 0. The number of aromatic nitrogens is 2. The van der Waals surface area contributed by atoms with Crippen molar-refractivity contribution in [1.29, 1.82) is 0 Å². The number of carbonyl (C=O) groups excluding carboxylic acids is 1. The lowest BCUT2D eigenvalue weighted by Gasteiger charge is -2.11. The summed E-state index contributed by atoms with van der Waals surface area (Å²) in [6.45, 7) is 0.277. The highest BCUT2D eigenvalue weighted by atomic mass is 32.1. The summed E-state index contributed by atoms with van der Waals surface area (Å²) < 4.78 is 5.89. The van der Waals surface area contributed by atoms with Gasteiger partial charge in [0.2, 0.25) is 0 Å². The number of ether oxygens (including phenoxy) is 1. The number of carbonyl (C=O) groups is 1. The Morgan fingerprint density at radius 2 is 1.75 bits per heavy atom. The molecule has 138 valence electrons. The number of benzene rings is 2. The van der Waals surface area contributed by atoms with E-state index in [-0.39, 0.29) is 12.5 Å². The van der Waals surface area contributed by atoms with Crippen molar-refractivity contribution < 1.29 is 9.53 Å². The van der Waals surface area contributed by atoms with Crippen LogP contribution in [0.1, 0.15) is 16.1 Å². The summed E-state index contributed by atoms with van der Waals surface area (Å²) in [5.41, 5.74) is 2.85. The molecule has 6 heteroatoms. The minimum Gasteiger partial charge on any atom is -0.486 e. The normalized spacial score (nSPS) is 10.4. The van der Waals surface area contributed by atoms with Gasteiger partial charge in [-0.3, -0.25) is 9.78 Å². The highest BCUT2D eigenvalue weighted by Gasteiger charge is 2.13. The standard InChI is InChI=1S/C22H17N3O2S/c26-21(24-16-8-2-1-3-9-16)18-10-4-5-12-20(18)27-14-17-15-28-22(25-17)19-11-6-7-13-23-19/h1-13,15H,14H2,(H,24,26). The number of nitrogens with zero attached hydrogens (tertiary/aromatic N) is 2. The van der Waals surface area contributed by atoms with Crippen molar-refractivity contribution in [2.75, 3.05) is 5.32 Å². The van der Waals surface area contributed by atoms with Crippen molar-refractivity contribution in [2.45, 2.75) is 6.61 Å². The van der Waals surface area contributed by atoms with Crippen molar-refractivity contribution in [1.82, 2.24) is 9.97 Å². The molecular formula is C22H17N3O2S. The van der Waals surface area contributed by atoms with Gasteiger partial charge in [-0.1, -0.05) is 36.4 Å². The molecule has 0 fully saturated rings. The van der Waals surface area contributed by atoms with Crippen LogP contribution in [0.15, 0.2) is 84.4 Å². The van der Waals surface area contributed by atoms with Gasteiger partial charge >= 0.3 is 0 Å². The predicted molar refractivity (Wildman–Crippen MR) is 111 cm³/mol. The van der Waals surface area contributed by atoms with Crippen molar-refractivity contribution in [3.63, 3.8) is 0 Å². The van der Waals surface area contributed by atoms with Crippen molar-refractivity contribution in [3.8, 4) is 16.5 Å². The molecule has 0 saturated heterocycles. The minimum atomic E-state index is -0.214. The van der Waals surface area contributed by atoms with E-state index < -0.39 is 0 Å². The van der Waals surface area contributed by atoms with Crippen molar-refractivity contribution in [2.24, 2.45) is 0 Å². The van der Waals surface area contributed by atoms with Crippen LogP contribution < -0.4 is 10.1 Å². The third-order valence-electron chi connectivity index (χ3n) is 3.97. The fourth-order valence-electron chi connectivity index (χ4n) is 2.63. The zero-order valence-corrected chi connectivity index (χ0v) is 15.7. The summed E-state index contributed by atoms with van der Waals surface area (Å²) in [5.74, 6) is 0.303. The van der Waals surface area contributed by atoms with Crippen LogP contribution in [0.2, 0.25) is 0 Å². The number of para-hydroxylation sites is 2. The molecule has 2 heterocycles. The van der Waals surface area contributed by atoms with Crippen molar-refractivity contribution in [3.05, 3.63) is 95.6 Å². The quantitative estimate of drug-likeness (QED) is 0.504. The zero-order valence-electron chi connectivity index (χ0n) is 14.9. The molecule has 0 aliphatic carbocycles. The van der Waals surface area contributed by atoms with E-state index in [2.05, 4.69) is 15.3 Å². The first-order chi connectivity index (χ1) is 13.8. The van der Waals surface area contributed by atoms with E-state index in [0.717, 1.165) is 22.1 Å². The largest absolute Gasteiger partial charge is 0.486 e. The van der Waals surface area contributed by atoms with E-state index in [9.17, 15) is 4.79 Å². The van der Waals surface area contributed by atoms with E-state index in [1.54, 1.807) is 18.3 Å². The number of anilines is 1. The fraction of sp³-hybridized carbons (Fsp3) is 0.0455. The molecule has 2 aromatic carbocycles. The molecule has 4 aromatic rings. The van der Waals surface area contributed by atoms with Crippen LogP contribution in [0.5, 0.6) is 5.75 Å². The average Bonchev–Trinajstić information content (AvgIpc) is 3.23. The summed E-state index contributed by atoms with van der Waals surface area (Å²) in [5, 5.41) is 5.66. The number of hydrogen-bond acceptors (Lipinski definition) is 5. The van der Waals surface area contributed by atoms with E-state index in [4.69, 9.17) is 4.74 Å². The maximum Gasteiger partial charge on any atom is 0.259 e. The summed E-state index contributed by atoms with van der Waals surface area (Å²) in [4.78, 5) is 21.5. The van der Waals surface area contributed by atoms with Gasteiger partial charge in [0.25, 0.3) is 5.91 Å². The molecule has 0 saturated carbocycles. The Kier molecular flexibility index (Phi) is 5.40. The lowest BCUT2D eigenvalue weighted by Crippen LogP contribution is -2.13.